The van der Waals surface area contributed by atoms with Crippen molar-refractivity contribution in [2.24, 2.45) is 0 Å². The van der Waals surface area contributed by atoms with Gasteiger partial charge in [0, 0.05) is 12.0 Å². The highest BCUT2D eigenvalue weighted by atomic mass is 35.5. The summed E-state index contributed by atoms with van der Waals surface area (Å²) in [7, 11) is 0. The number of aliphatic hydroxyl groups is 1. The molecular formula is C6H6ClN3O. The summed E-state index contributed by atoms with van der Waals surface area (Å²) in [6.07, 6.45) is 1.28. The number of aliphatic hydroxyl groups excluding tert-OH is 1. The van der Waals surface area contributed by atoms with Crippen molar-refractivity contribution in [3.05, 3.63) is 17.0 Å². The summed E-state index contributed by atoms with van der Waals surface area (Å²) in [5, 5.41) is 12.3. The summed E-state index contributed by atoms with van der Waals surface area (Å²) in [5.74, 6) is 0.637. The van der Waals surface area contributed by atoms with Gasteiger partial charge in [-0.15, -0.1) is 0 Å². The van der Waals surface area contributed by atoms with Crippen molar-refractivity contribution in [1.82, 2.24) is 9.97 Å². The molecule has 2 heterocycles. The van der Waals surface area contributed by atoms with Crippen LogP contribution < -0.4 is 5.32 Å². The molecule has 0 saturated carbocycles. The first-order chi connectivity index (χ1) is 5.27. The predicted octanol–water partition coefficient (Wildman–Crippen LogP) is 0.416. The van der Waals surface area contributed by atoms with E-state index in [1.807, 2.05) is 0 Å². The van der Waals surface area contributed by atoms with Crippen LogP contribution in [0.25, 0.3) is 0 Å². The molecule has 1 atom stereocenters. The lowest BCUT2D eigenvalue weighted by molar-refractivity contribution is 0.212. The fourth-order valence-corrected chi connectivity index (χ4v) is 1.31. The highest BCUT2D eigenvalue weighted by Crippen LogP contribution is 2.26. The molecule has 0 amide bonds. The van der Waals surface area contributed by atoms with Crippen molar-refractivity contribution < 1.29 is 5.11 Å². The third-order valence-electron chi connectivity index (χ3n) is 1.59. The Morgan fingerprint density at radius 3 is 3.18 bits per heavy atom. The van der Waals surface area contributed by atoms with Crippen molar-refractivity contribution in [2.45, 2.75) is 12.6 Å². The van der Waals surface area contributed by atoms with Gasteiger partial charge >= 0.3 is 0 Å². The fraction of sp³-hybridized carbons (Fsp3) is 0.333. The van der Waals surface area contributed by atoms with Gasteiger partial charge in [0.05, 0.1) is 0 Å². The number of rotatable bonds is 0. The van der Waals surface area contributed by atoms with E-state index in [2.05, 4.69) is 15.3 Å². The van der Waals surface area contributed by atoms with Gasteiger partial charge in [-0.25, -0.2) is 9.97 Å². The van der Waals surface area contributed by atoms with E-state index in [0.29, 0.717) is 17.4 Å². The van der Waals surface area contributed by atoms with E-state index < -0.39 is 6.23 Å². The molecule has 0 spiro atoms. The molecule has 1 aromatic heterocycles. The third-order valence-corrected chi connectivity index (χ3v) is 1.92. The zero-order valence-electron chi connectivity index (χ0n) is 5.58. The van der Waals surface area contributed by atoms with Gasteiger partial charge in [0.2, 0.25) is 0 Å². The van der Waals surface area contributed by atoms with Gasteiger partial charge in [-0.1, -0.05) is 11.6 Å². The normalized spacial score (nSPS) is 21.1. The second-order valence-corrected chi connectivity index (χ2v) is 2.71. The van der Waals surface area contributed by atoms with Gasteiger partial charge < -0.3 is 10.4 Å². The Morgan fingerprint density at radius 1 is 1.64 bits per heavy atom. The molecule has 2 N–H and O–H groups in total. The van der Waals surface area contributed by atoms with Crippen molar-refractivity contribution in [2.75, 3.05) is 5.32 Å². The Labute approximate surface area is 68.2 Å². The summed E-state index contributed by atoms with van der Waals surface area (Å²) < 4.78 is 0. The number of nitrogens with zero attached hydrogens (tertiary/aromatic N) is 2. The first-order valence-corrected chi connectivity index (χ1v) is 3.59. The van der Waals surface area contributed by atoms with Gasteiger partial charge in [-0.2, -0.15) is 0 Å². The lowest BCUT2D eigenvalue weighted by atomic mass is 10.3. The zero-order valence-corrected chi connectivity index (χ0v) is 6.34. The number of nitrogens with one attached hydrogen (secondary N) is 1. The smallest absolute Gasteiger partial charge is 0.137 e. The molecular weight excluding hydrogens is 166 g/mol. The van der Waals surface area contributed by atoms with E-state index in [-0.39, 0.29) is 0 Å². The van der Waals surface area contributed by atoms with Crippen molar-refractivity contribution in [1.29, 1.82) is 0 Å². The standard InChI is InChI=1S/C6H6ClN3O/c7-5-3-1-4(11)10-6(3)9-2-8-5/h2,4,11H,1H2,(H,8,9,10). The van der Waals surface area contributed by atoms with E-state index in [1.165, 1.54) is 6.33 Å². The highest BCUT2D eigenvalue weighted by molar-refractivity contribution is 6.30. The molecule has 11 heavy (non-hydrogen) atoms. The van der Waals surface area contributed by atoms with Gasteiger partial charge in [0.25, 0.3) is 0 Å². The zero-order chi connectivity index (χ0) is 7.84. The molecule has 5 heteroatoms. The van der Waals surface area contributed by atoms with Crippen LogP contribution in [0.5, 0.6) is 0 Å². The summed E-state index contributed by atoms with van der Waals surface area (Å²) in [6.45, 7) is 0. The predicted molar refractivity (Wildman–Crippen MR) is 40.4 cm³/mol. The van der Waals surface area contributed by atoms with Crippen LogP contribution in [-0.2, 0) is 6.42 Å². The molecule has 0 saturated heterocycles. The number of aromatic nitrogens is 2. The fourth-order valence-electron chi connectivity index (χ4n) is 1.10. The molecule has 4 nitrogen and oxygen atoms in total. The van der Waals surface area contributed by atoms with Crippen LogP contribution in [0, 0.1) is 0 Å². The molecule has 1 aliphatic rings. The van der Waals surface area contributed by atoms with Crippen LogP contribution in [0.4, 0.5) is 5.82 Å². The van der Waals surface area contributed by atoms with E-state index in [1.54, 1.807) is 0 Å². The third kappa shape index (κ3) is 1.04. The van der Waals surface area contributed by atoms with Crippen molar-refractivity contribution >= 4 is 17.4 Å². The lowest BCUT2D eigenvalue weighted by Gasteiger charge is -1.98. The summed E-state index contributed by atoms with van der Waals surface area (Å²) in [5.41, 5.74) is 0.793. The van der Waals surface area contributed by atoms with Crippen LogP contribution in [0.2, 0.25) is 5.15 Å². The lowest BCUT2D eigenvalue weighted by Crippen LogP contribution is -2.13. The molecule has 0 bridgehead atoms. The molecule has 0 aromatic carbocycles. The molecule has 1 aliphatic heterocycles. The van der Waals surface area contributed by atoms with Gasteiger partial charge in [0.1, 0.15) is 23.5 Å². The Morgan fingerprint density at radius 2 is 2.45 bits per heavy atom. The molecule has 0 radical (unpaired) electrons. The Hall–Kier alpha value is -0.870. The monoisotopic (exact) mass is 171 g/mol. The van der Waals surface area contributed by atoms with Crippen LogP contribution in [0.1, 0.15) is 5.56 Å². The van der Waals surface area contributed by atoms with E-state index in [9.17, 15) is 0 Å². The molecule has 1 aromatic rings. The SMILES string of the molecule is OC1Cc2c(Cl)ncnc2N1. The maximum atomic E-state index is 9.14. The van der Waals surface area contributed by atoms with E-state index in [4.69, 9.17) is 16.7 Å². The average molecular weight is 172 g/mol. The number of hydrogen-bond donors (Lipinski definition) is 2. The minimum Gasteiger partial charge on any atom is -0.373 e. The minimum absolute atomic E-state index is 0.416. The van der Waals surface area contributed by atoms with Crippen molar-refractivity contribution in [3.8, 4) is 0 Å². The van der Waals surface area contributed by atoms with Crippen LogP contribution in [-0.4, -0.2) is 21.3 Å². The van der Waals surface area contributed by atoms with Crippen LogP contribution >= 0.6 is 11.6 Å². The molecule has 58 valence electrons. The Kier molecular flexibility index (Phi) is 1.44. The molecule has 0 fully saturated rings. The maximum absolute atomic E-state index is 9.14. The molecule has 0 aliphatic carbocycles. The van der Waals surface area contributed by atoms with Crippen LogP contribution in [0.15, 0.2) is 6.33 Å². The first-order valence-electron chi connectivity index (χ1n) is 3.21. The number of hydrogen-bond acceptors (Lipinski definition) is 4. The van der Waals surface area contributed by atoms with Gasteiger partial charge in [-0.3, -0.25) is 0 Å². The Bertz CT molecular complexity index is 291. The topological polar surface area (TPSA) is 58.0 Å². The second kappa shape index (κ2) is 2.32. The molecule has 1 unspecified atom stereocenters. The van der Waals surface area contributed by atoms with E-state index in [0.717, 1.165) is 5.56 Å². The molecule has 2 rings (SSSR count). The largest absolute Gasteiger partial charge is 0.373 e. The quantitative estimate of drug-likeness (QED) is 0.556. The summed E-state index contributed by atoms with van der Waals surface area (Å²) in [4.78, 5) is 7.69. The summed E-state index contributed by atoms with van der Waals surface area (Å²) in [6, 6.07) is 0. The van der Waals surface area contributed by atoms with E-state index >= 15 is 0 Å². The minimum atomic E-state index is -0.570. The maximum Gasteiger partial charge on any atom is 0.137 e. The van der Waals surface area contributed by atoms with Gasteiger partial charge in [-0.05, 0) is 0 Å². The number of halogens is 1. The average Bonchev–Trinajstić information content (AvgIpc) is 2.31. The van der Waals surface area contributed by atoms with Crippen LogP contribution in [0.3, 0.4) is 0 Å². The number of anilines is 1. The summed E-state index contributed by atoms with van der Waals surface area (Å²) >= 11 is 5.73. The first kappa shape index (κ1) is 6.82. The Balaban J connectivity index is 2.49. The highest BCUT2D eigenvalue weighted by Gasteiger charge is 2.21. The van der Waals surface area contributed by atoms with Gasteiger partial charge in [0.15, 0.2) is 0 Å². The number of fused-ring (bicyclic) bond motifs is 1. The second-order valence-electron chi connectivity index (χ2n) is 2.36. The van der Waals surface area contributed by atoms with Crippen molar-refractivity contribution in [3.63, 3.8) is 0 Å².